The van der Waals surface area contributed by atoms with Crippen LogP contribution in [-0.4, -0.2) is 13.4 Å². The molecule has 4 nitrogen and oxygen atoms in total. The molecular weight excluding hydrogens is 206 g/mol. The monoisotopic (exact) mass is 215 g/mol. The third kappa shape index (κ3) is 1.64. The highest BCUT2D eigenvalue weighted by atomic mass is 35.5. The van der Waals surface area contributed by atoms with Crippen molar-refractivity contribution in [3.05, 3.63) is 22.7 Å². The van der Waals surface area contributed by atoms with Gasteiger partial charge in [-0.15, -0.1) is 0 Å². The highest BCUT2D eigenvalue weighted by molar-refractivity contribution is 6.33. The fourth-order valence-corrected chi connectivity index (χ4v) is 1.65. The number of benzene rings is 1. The van der Waals surface area contributed by atoms with Crippen LogP contribution in [0.5, 0.6) is 11.5 Å². The van der Waals surface area contributed by atoms with E-state index in [0.29, 0.717) is 29.5 Å². The molecule has 76 valence electrons. The van der Waals surface area contributed by atoms with E-state index in [-0.39, 0.29) is 6.79 Å². The molecule has 14 heavy (non-hydrogen) atoms. The van der Waals surface area contributed by atoms with E-state index in [9.17, 15) is 0 Å². The van der Waals surface area contributed by atoms with Crippen LogP contribution in [-0.2, 0) is 11.3 Å². The fraction of sp³-hybridized carbons (Fsp3) is 0.333. The third-order valence-electron chi connectivity index (χ3n) is 2.05. The second-order valence-electron chi connectivity index (χ2n) is 2.89. The van der Waals surface area contributed by atoms with Gasteiger partial charge in [-0.1, -0.05) is 17.7 Å². The van der Waals surface area contributed by atoms with Gasteiger partial charge in [-0.05, 0) is 18.1 Å². The van der Waals surface area contributed by atoms with E-state index >= 15 is 0 Å². The molecule has 2 rings (SSSR count). The summed E-state index contributed by atoms with van der Waals surface area (Å²) in [6.45, 7) is 0.658. The Hall–Kier alpha value is -0.970. The lowest BCUT2D eigenvalue weighted by molar-refractivity contribution is 0.141. The van der Waals surface area contributed by atoms with Crippen molar-refractivity contribution in [2.45, 2.75) is 6.42 Å². The van der Waals surface area contributed by atoms with E-state index in [4.69, 9.17) is 27.0 Å². The lowest BCUT2D eigenvalue weighted by Crippen LogP contribution is -2.04. The van der Waals surface area contributed by atoms with Gasteiger partial charge in [0.25, 0.3) is 0 Å². The molecule has 0 bridgehead atoms. The second kappa shape index (κ2) is 4.04. The van der Waals surface area contributed by atoms with E-state index < -0.39 is 0 Å². The Labute approximate surface area is 86.5 Å². The number of hydrogen-bond donors (Lipinski definition) is 1. The maximum absolute atomic E-state index is 6.09. The lowest BCUT2D eigenvalue weighted by atomic mass is 10.1. The van der Waals surface area contributed by atoms with Crippen molar-refractivity contribution < 1.29 is 14.3 Å². The van der Waals surface area contributed by atoms with Crippen molar-refractivity contribution in [2.24, 2.45) is 5.90 Å². The van der Waals surface area contributed by atoms with Crippen LogP contribution in [0.4, 0.5) is 0 Å². The summed E-state index contributed by atoms with van der Waals surface area (Å²) in [6, 6.07) is 3.72. The van der Waals surface area contributed by atoms with Crippen LogP contribution >= 0.6 is 11.6 Å². The van der Waals surface area contributed by atoms with Crippen molar-refractivity contribution in [3.63, 3.8) is 0 Å². The minimum atomic E-state index is 0.228. The van der Waals surface area contributed by atoms with Gasteiger partial charge in [0, 0.05) is 0 Å². The van der Waals surface area contributed by atoms with Gasteiger partial charge < -0.3 is 14.3 Å². The number of nitrogens with two attached hydrogens (primary N) is 1. The number of rotatable bonds is 3. The molecule has 1 aromatic carbocycles. The first-order valence-corrected chi connectivity index (χ1v) is 4.59. The Morgan fingerprint density at radius 3 is 3.07 bits per heavy atom. The van der Waals surface area contributed by atoms with Crippen LogP contribution in [0.2, 0.25) is 5.02 Å². The standard InChI is InChI=1S/C9H10ClNO3/c10-8-6(3-4-14-11)1-2-7-9(8)13-5-12-7/h1-2H,3-5,11H2. The van der Waals surface area contributed by atoms with Gasteiger partial charge in [0.15, 0.2) is 11.5 Å². The molecule has 1 heterocycles. The Bertz CT molecular complexity index is 343. The minimum Gasteiger partial charge on any atom is -0.454 e. The van der Waals surface area contributed by atoms with Crippen molar-refractivity contribution in [2.75, 3.05) is 13.4 Å². The topological polar surface area (TPSA) is 53.7 Å². The molecule has 0 radical (unpaired) electrons. The first-order chi connectivity index (χ1) is 6.83. The summed E-state index contributed by atoms with van der Waals surface area (Å²) in [6.07, 6.45) is 0.659. The van der Waals surface area contributed by atoms with Crippen molar-refractivity contribution >= 4 is 11.6 Å². The van der Waals surface area contributed by atoms with E-state index in [0.717, 1.165) is 5.56 Å². The van der Waals surface area contributed by atoms with Crippen LogP contribution < -0.4 is 15.4 Å². The molecule has 0 amide bonds. The minimum absolute atomic E-state index is 0.228. The van der Waals surface area contributed by atoms with Crippen LogP contribution in [0.1, 0.15) is 5.56 Å². The summed E-state index contributed by atoms with van der Waals surface area (Å²) in [7, 11) is 0. The highest BCUT2D eigenvalue weighted by Gasteiger charge is 2.19. The fourth-order valence-electron chi connectivity index (χ4n) is 1.34. The summed E-state index contributed by atoms with van der Waals surface area (Å²) in [4.78, 5) is 4.49. The molecule has 2 N–H and O–H groups in total. The van der Waals surface area contributed by atoms with E-state index in [1.165, 1.54) is 0 Å². The summed E-state index contributed by atoms with van der Waals surface area (Å²) in [5, 5.41) is 0.581. The first-order valence-electron chi connectivity index (χ1n) is 4.21. The van der Waals surface area contributed by atoms with Crippen molar-refractivity contribution in [1.82, 2.24) is 0 Å². The summed E-state index contributed by atoms with van der Waals surface area (Å²) in [5.41, 5.74) is 0.946. The summed E-state index contributed by atoms with van der Waals surface area (Å²) >= 11 is 6.09. The molecule has 5 heteroatoms. The van der Waals surface area contributed by atoms with Crippen molar-refractivity contribution in [3.8, 4) is 11.5 Å². The average molecular weight is 216 g/mol. The zero-order valence-electron chi connectivity index (χ0n) is 7.46. The number of halogens is 1. The number of fused-ring (bicyclic) bond motifs is 1. The quantitative estimate of drug-likeness (QED) is 0.777. The van der Waals surface area contributed by atoms with Gasteiger partial charge in [-0.3, -0.25) is 0 Å². The maximum atomic E-state index is 6.09. The Kier molecular flexibility index (Phi) is 2.77. The first kappa shape index (κ1) is 9.58. The Morgan fingerprint density at radius 1 is 1.43 bits per heavy atom. The molecule has 1 aromatic rings. The molecule has 0 unspecified atom stereocenters. The molecule has 0 aromatic heterocycles. The lowest BCUT2D eigenvalue weighted by Gasteiger charge is -2.05. The van der Waals surface area contributed by atoms with E-state index in [1.807, 2.05) is 12.1 Å². The predicted molar refractivity (Wildman–Crippen MR) is 51.4 cm³/mol. The molecule has 0 spiro atoms. The summed E-state index contributed by atoms with van der Waals surface area (Å²) in [5.74, 6) is 6.24. The van der Waals surface area contributed by atoms with Crippen LogP contribution in [0.15, 0.2) is 12.1 Å². The number of ether oxygens (including phenoxy) is 2. The van der Waals surface area contributed by atoms with Crippen LogP contribution in [0, 0.1) is 0 Å². The van der Waals surface area contributed by atoms with Crippen LogP contribution in [0.25, 0.3) is 0 Å². The van der Waals surface area contributed by atoms with E-state index in [1.54, 1.807) is 0 Å². The molecule has 1 aliphatic rings. The Balaban J connectivity index is 2.26. The third-order valence-corrected chi connectivity index (χ3v) is 2.46. The van der Waals surface area contributed by atoms with Gasteiger partial charge in [0.1, 0.15) is 0 Å². The summed E-state index contributed by atoms with van der Waals surface area (Å²) < 4.78 is 10.4. The molecule has 0 atom stereocenters. The zero-order chi connectivity index (χ0) is 9.97. The van der Waals surface area contributed by atoms with Crippen LogP contribution in [0.3, 0.4) is 0 Å². The zero-order valence-corrected chi connectivity index (χ0v) is 8.21. The van der Waals surface area contributed by atoms with Gasteiger partial charge in [-0.2, -0.15) is 0 Å². The molecule has 1 aliphatic heterocycles. The normalized spacial score (nSPS) is 13.3. The van der Waals surface area contributed by atoms with Gasteiger partial charge >= 0.3 is 0 Å². The molecular formula is C9H10ClNO3. The average Bonchev–Trinajstić information content (AvgIpc) is 2.66. The smallest absolute Gasteiger partial charge is 0.231 e. The molecule has 0 aliphatic carbocycles. The van der Waals surface area contributed by atoms with Gasteiger partial charge in [-0.25, -0.2) is 5.90 Å². The van der Waals surface area contributed by atoms with Crippen molar-refractivity contribution in [1.29, 1.82) is 0 Å². The van der Waals surface area contributed by atoms with Gasteiger partial charge in [0.05, 0.1) is 11.6 Å². The van der Waals surface area contributed by atoms with Gasteiger partial charge in [0.2, 0.25) is 6.79 Å². The predicted octanol–water partition coefficient (Wildman–Crippen LogP) is 1.50. The SMILES string of the molecule is NOCCc1ccc2c(c1Cl)OCO2. The maximum Gasteiger partial charge on any atom is 0.231 e. The molecule has 0 saturated carbocycles. The largest absolute Gasteiger partial charge is 0.454 e. The molecule has 0 fully saturated rings. The highest BCUT2D eigenvalue weighted by Crippen LogP contribution is 2.40. The van der Waals surface area contributed by atoms with E-state index in [2.05, 4.69) is 4.84 Å². The number of hydrogen-bond acceptors (Lipinski definition) is 4. The Morgan fingerprint density at radius 2 is 2.29 bits per heavy atom. The molecule has 0 saturated heterocycles. The second-order valence-corrected chi connectivity index (χ2v) is 3.27.